The second kappa shape index (κ2) is 4.77. The topological polar surface area (TPSA) is 64.9 Å². The number of nitrogens with two attached hydrogens (primary N) is 1. The van der Waals surface area contributed by atoms with Gasteiger partial charge in [0.2, 0.25) is 0 Å². The average Bonchev–Trinajstić information content (AvgIpc) is 2.78. The molecule has 108 valence electrons. The van der Waals surface area contributed by atoms with Gasteiger partial charge in [-0.3, -0.25) is 0 Å². The molecule has 1 aliphatic carbocycles. The first-order chi connectivity index (χ1) is 8.72. The van der Waals surface area contributed by atoms with Gasteiger partial charge in [-0.25, -0.2) is 0 Å². The molecule has 1 aromatic rings. The van der Waals surface area contributed by atoms with Crippen LogP contribution in [-0.4, -0.2) is 16.3 Å². The summed E-state index contributed by atoms with van der Waals surface area (Å²) >= 11 is 0. The van der Waals surface area contributed by atoms with E-state index < -0.39 is 17.6 Å². The summed E-state index contributed by atoms with van der Waals surface area (Å²) in [5.74, 6) is 0.520. The van der Waals surface area contributed by atoms with E-state index in [0.717, 1.165) is 32.6 Å². The SMILES string of the molecule is CC1CCC(c2noc(C(C)(N)C(F)(F)F)n2)CC1. The molecule has 0 aromatic carbocycles. The Morgan fingerprint density at radius 3 is 2.32 bits per heavy atom. The third-order valence-corrected chi connectivity index (χ3v) is 3.86. The van der Waals surface area contributed by atoms with Crippen LogP contribution in [0.2, 0.25) is 0 Å². The van der Waals surface area contributed by atoms with Crippen molar-refractivity contribution in [2.24, 2.45) is 11.7 Å². The molecule has 7 heteroatoms. The predicted molar refractivity (Wildman–Crippen MR) is 62.3 cm³/mol. The van der Waals surface area contributed by atoms with Crippen molar-refractivity contribution in [1.82, 2.24) is 10.1 Å². The number of alkyl halides is 3. The van der Waals surface area contributed by atoms with Crippen LogP contribution in [0, 0.1) is 5.92 Å². The van der Waals surface area contributed by atoms with Crippen molar-refractivity contribution in [3.8, 4) is 0 Å². The first-order valence-electron chi connectivity index (χ1n) is 6.41. The minimum Gasteiger partial charge on any atom is -0.337 e. The summed E-state index contributed by atoms with van der Waals surface area (Å²) in [6, 6.07) is 0. The minimum atomic E-state index is -4.61. The highest BCUT2D eigenvalue weighted by Crippen LogP contribution is 2.38. The third-order valence-electron chi connectivity index (χ3n) is 3.86. The summed E-state index contributed by atoms with van der Waals surface area (Å²) in [5.41, 5.74) is 2.66. The fraction of sp³-hybridized carbons (Fsp3) is 0.833. The van der Waals surface area contributed by atoms with Gasteiger partial charge < -0.3 is 10.3 Å². The predicted octanol–water partition coefficient (Wildman–Crippen LogP) is 3.10. The van der Waals surface area contributed by atoms with Crippen molar-refractivity contribution < 1.29 is 17.7 Å². The maximum absolute atomic E-state index is 12.8. The Labute approximate surface area is 109 Å². The van der Waals surface area contributed by atoms with Crippen LogP contribution >= 0.6 is 0 Å². The molecule has 1 heterocycles. The van der Waals surface area contributed by atoms with Crippen LogP contribution < -0.4 is 5.73 Å². The van der Waals surface area contributed by atoms with Crippen LogP contribution in [0.3, 0.4) is 0 Å². The van der Waals surface area contributed by atoms with Crippen LogP contribution in [0.15, 0.2) is 4.52 Å². The van der Waals surface area contributed by atoms with Crippen molar-refractivity contribution in [2.45, 2.75) is 57.2 Å². The summed E-state index contributed by atoms with van der Waals surface area (Å²) < 4.78 is 43.0. The molecule has 0 radical (unpaired) electrons. The number of nitrogens with zero attached hydrogens (tertiary/aromatic N) is 2. The maximum atomic E-state index is 12.8. The molecule has 1 unspecified atom stereocenters. The molecule has 0 amide bonds. The lowest BCUT2D eigenvalue weighted by Crippen LogP contribution is -2.48. The maximum Gasteiger partial charge on any atom is 0.415 e. The lowest BCUT2D eigenvalue weighted by Gasteiger charge is -2.24. The van der Waals surface area contributed by atoms with E-state index in [4.69, 9.17) is 10.3 Å². The quantitative estimate of drug-likeness (QED) is 0.902. The van der Waals surface area contributed by atoms with E-state index in [-0.39, 0.29) is 5.92 Å². The van der Waals surface area contributed by atoms with Crippen molar-refractivity contribution in [1.29, 1.82) is 0 Å². The molecule has 0 saturated heterocycles. The van der Waals surface area contributed by atoms with Gasteiger partial charge in [0.15, 0.2) is 11.4 Å². The zero-order valence-electron chi connectivity index (χ0n) is 11.0. The molecule has 0 aliphatic heterocycles. The molecule has 1 atom stereocenters. The molecule has 0 bridgehead atoms. The lowest BCUT2D eigenvalue weighted by atomic mass is 9.83. The Balaban J connectivity index is 2.15. The van der Waals surface area contributed by atoms with Gasteiger partial charge in [0.05, 0.1) is 0 Å². The van der Waals surface area contributed by atoms with E-state index >= 15 is 0 Å². The number of hydrogen-bond acceptors (Lipinski definition) is 4. The minimum absolute atomic E-state index is 0.0812. The van der Waals surface area contributed by atoms with Gasteiger partial charge in [-0.05, 0) is 25.7 Å². The second-order valence-electron chi connectivity index (χ2n) is 5.61. The second-order valence-corrected chi connectivity index (χ2v) is 5.61. The van der Waals surface area contributed by atoms with Crippen molar-refractivity contribution >= 4 is 0 Å². The van der Waals surface area contributed by atoms with Crippen LogP contribution in [0.4, 0.5) is 13.2 Å². The average molecular weight is 277 g/mol. The van der Waals surface area contributed by atoms with Gasteiger partial charge in [0.1, 0.15) is 0 Å². The zero-order valence-corrected chi connectivity index (χ0v) is 11.0. The number of rotatable bonds is 2. The summed E-state index contributed by atoms with van der Waals surface area (Å²) in [6.07, 6.45) is -0.778. The van der Waals surface area contributed by atoms with Crippen LogP contribution in [0.5, 0.6) is 0 Å². The Morgan fingerprint density at radius 2 is 1.79 bits per heavy atom. The standard InChI is InChI=1S/C12H18F3N3O/c1-7-3-5-8(6-4-7)9-17-10(19-18-9)11(2,16)12(13,14)15/h7-8H,3-6,16H2,1-2H3. The molecular formula is C12H18F3N3O. The van der Waals surface area contributed by atoms with Crippen molar-refractivity contribution in [3.05, 3.63) is 11.7 Å². The monoisotopic (exact) mass is 277 g/mol. The van der Waals surface area contributed by atoms with Crippen LogP contribution in [0.25, 0.3) is 0 Å². The zero-order chi connectivity index (χ0) is 14.3. The normalized spacial score (nSPS) is 28.1. The molecule has 1 saturated carbocycles. The molecule has 0 spiro atoms. The van der Waals surface area contributed by atoms with E-state index in [2.05, 4.69) is 17.1 Å². The lowest BCUT2D eigenvalue weighted by molar-refractivity contribution is -0.190. The van der Waals surface area contributed by atoms with Crippen molar-refractivity contribution in [2.75, 3.05) is 0 Å². The highest BCUT2D eigenvalue weighted by atomic mass is 19.4. The number of hydrogen-bond donors (Lipinski definition) is 1. The fourth-order valence-electron chi connectivity index (χ4n) is 2.25. The fourth-order valence-corrected chi connectivity index (χ4v) is 2.25. The molecule has 2 N–H and O–H groups in total. The molecule has 4 nitrogen and oxygen atoms in total. The third kappa shape index (κ3) is 2.75. The van der Waals surface area contributed by atoms with Crippen LogP contribution in [-0.2, 0) is 5.54 Å². The van der Waals surface area contributed by atoms with E-state index in [1.807, 2.05) is 0 Å². The van der Waals surface area contributed by atoms with Gasteiger partial charge in [0.25, 0.3) is 5.89 Å². The molecular weight excluding hydrogens is 259 g/mol. The van der Waals surface area contributed by atoms with E-state index in [1.165, 1.54) is 0 Å². The molecule has 2 rings (SSSR count). The molecule has 1 fully saturated rings. The number of aromatic nitrogens is 2. The van der Waals surface area contributed by atoms with Gasteiger partial charge in [-0.2, -0.15) is 18.2 Å². The molecule has 19 heavy (non-hydrogen) atoms. The van der Waals surface area contributed by atoms with Gasteiger partial charge in [-0.1, -0.05) is 24.9 Å². The van der Waals surface area contributed by atoms with Crippen molar-refractivity contribution in [3.63, 3.8) is 0 Å². The summed E-state index contributed by atoms with van der Waals surface area (Å²) in [4.78, 5) is 3.87. The van der Waals surface area contributed by atoms with E-state index in [1.54, 1.807) is 0 Å². The Kier molecular flexibility index (Phi) is 3.59. The Morgan fingerprint density at radius 1 is 1.21 bits per heavy atom. The van der Waals surface area contributed by atoms with Gasteiger partial charge in [-0.15, -0.1) is 0 Å². The van der Waals surface area contributed by atoms with Gasteiger partial charge in [0, 0.05) is 5.92 Å². The summed E-state index contributed by atoms with van der Waals surface area (Å²) in [7, 11) is 0. The first kappa shape index (κ1) is 14.3. The first-order valence-corrected chi connectivity index (χ1v) is 6.41. The van der Waals surface area contributed by atoms with E-state index in [0.29, 0.717) is 11.7 Å². The molecule has 1 aromatic heterocycles. The summed E-state index contributed by atoms with van der Waals surface area (Å²) in [5, 5.41) is 3.68. The highest BCUT2D eigenvalue weighted by molar-refractivity contribution is 5.06. The molecule has 1 aliphatic rings. The highest BCUT2D eigenvalue weighted by Gasteiger charge is 2.53. The van der Waals surface area contributed by atoms with E-state index in [9.17, 15) is 13.2 Å². The Hall–Kier alpha value is -1.11. The largest absolute Gasteiger partial charge is 0.415 e. The number of halogens is 3. The van der Waals surface area contributed by atoms with Gasteiger partial charge >= 0.3 is 6.18 Å². The Bertz CT molecular complexity index is 434. The summed E-state index contributed by atoms with van der Waals surface area (Å²) in [6.45, 7) is 3.01. The van der Waals surface area contributed by atoms with Crippen LogP contribution in [0.1, 0.15) is 57.2 Å². The smallest absolute Gasteiger partial charge is 0.337 e.